The summed E-state index contributed by atoms with van der Waals surface area (Å²) in [7, 11) is 0. The van der Waals surface area contributed by atoms with E-state index in [0.29, 0.717) is 21.3 Å². The van der Waals surface area contributed by atoms with Crippen LogP contribution in [-0.4, -0.2) is 15.3 Å². The molecule has 0 radical (unpaired) electrons. The van der Waals surface area contributed by atoms with Crippen molar-refractivity contribution in [2.75, 3.05) is 0 Å². The van der Waals surface area contributed by atoms with Crippen LogP contribution in [0.3, 0.4) is 0 Å². The highest BCUT2D eigenvalue weighted by Gasteiger charge is 2.17. The normalized spacial score (nSPS) is 11.7. The lowest BCUT2D eigenvalue weighted by atomic mass is 10.1. The van der Waals surface area contributed by atoms with Crippen LogP contribution < -0.4 is 0 Å². The number of Topliss-reactive ketones (excluding diaryl/α,β-unsaturated/α-hetero) is 1. The first-order valence-corrected chi connectivity index (χ1v) is 6.46. The fourth-order valence-electron chi connectivity index (χ4n) is 1.82. The number of halogens is 2. The Balaban J connectivity index is 2.46. The zero-order valence-corrected chi connectivity index (χ0v) is 12.0. The van der Waals surface area contributed by atoms with Gasteiger partial charge in [0.15, 0.2) is 0 Å². The highest BCUT2D eigenvalue weighted by atomic mass is 35.5. The summed E-state index contributed by atoms with van der Waals surface area (Å²) < 4.78 is 1.73. The molecule has 0 aliphatic carbocycles. The van der Waals surface area contributed by atoms with Crippen LogP contribution in [0, 0.1) is 6.92 Å². The fourth-order valence-corrected chi connectivity index (χ4v) is 2.32. The van der Waals surface area contributed by atoms with Crippen molar-refractivity contribution in [1.29, 1.82) is 0 Å². The molecule has 2 aromatic rings. The Labute approximate surface area is 121 Å². The smallest absolute Gasteiger partial charge is 0.210 e. The van der Waals surface area contributed by atoms with Crippen LogP contribution in [0.25, 0.3) is 5.70 Å². The van der Waals surface area contributed by atoms with Crippen molar-refractivity contribution >= 4 is 34.7 Å². The van der Waals surface area contributed by atoms with Crippen LogP contribution in [0.15, 0.2) is 36.7 Å². The number of nitrogens with zero attached hydrogens (tertiary/aromatic N) is 2. The Morgan fingerprint density at radius 3 is 2.63 bits per heavy atom. The Bertz CT molecular complexity index is 659. The summed E-state index contributed by atoms with van der Waals surface area (Å²) in [4.78, 5) is 16.6. The average molecular weight is 295 g/mol. The van der Waals surface area contributed by atoms with Gasteiger partial charge in [-0.05, 0) is 32.0 Å². The van der Waals surface area contributed by atoms with E-state index in [0.717, 1.165) is 5.82 Å². The Morgan fingerprint density at radius 2 is 2.11 bits per heavy atom. The average Bonchev–Trinajstić information content (AvgIpc) is 2.76. The van der Waals surface area contributed by atoms with Crippen molar-refractivity contribution in [2.24, 2.45) is 0 Å². The van der Waals surface area contributed by atoms with Gasteiger partial charge in [-0.2, -0.15) is 0 Å². The molecule has 2 rings (SSSR count). The summed E-state index contributed by atoms with van der Waals surface area (Å²) in [6.45, 7) is 3.64. The van der Waals surface area contributed by atoms with E-state index in [-0.39, 0.29) is 5.78 Å². The summed E-state index contributed by atoms with van der Waals surface area (Å²) in [6, 6.07) is 4.84. The van der Waals surface area contributed by atoms with E-state index in [1.165, 1.54) is 0 Å². The number of carbonyl (C=O) groups excluding carboxylic acids is 1. The number of hydrogen-bond acceptors (Lipinski definition) is 2. The minimum Gasteiger partial charge on any atom is -0.300 e. The Kier molecular flexibility index (Phi) is 4.08. The molecule has 0 spiro atoms. The summed E-state index contributed by atoms with van der Waals surface area (Å²) in [5, 5.41) is 0.844. The monoisotopic (exact) mass is 294 g/mol. The summed E-state index contributed by atoms with van der Waals surface area (Å²) in [5.41, 5.74) is 0.937. The van der Waals surface area contributed by atoms with Gasteiger partial charge >= 0.3 is 0 Å². The highest BCUT2D eigenvalue weighted by Crippen LogP contribution is 2.25. The van der Waals surface area contributed by atoms with Crippen molar-refractivity contribution < 1.29 is 4.79 Å². The van der Waals surface area contributed by atoms with Crippen LogP contribution >= 0.6 is 23.2 Å². The standard InChI is InChI=1S/C14H12Cl2N2O/c1-3-13(18-7-6-17-9(18)2)14(19)11-5-4-10(15)8-12(11)16/h3-8H,1-2H3/b13-3+. The van der Waals surface area contributed by atoms with Gasteiger partial charge in [0, 0.05) is 23.0 Å². The third-order valence-corrected chi connectivity index (χ3v) is 3.31. The van der Waals surface area contributed by atoms with Gasteiger partial charge in [0.2, 0.25) is 5.78 Å². The predicted octanol–water partition coefficient (Wildman–Crippen LogP) is 4.24. The second kappa shape index (κ2) is 5.59. The molecule has 19 heavy (non-hydrogen) atoms. The van der Waals surface area contributed by atoms with Crippen molar-refractivity contribution in [3.8, 4) is 0 Å². The van der Waals surface area contributed by atoms with Gasteiger partial charge in [-0.3, -0.25) is 4.79 Å². The van der Waals surface area contributed by atoms with Crippen molar-refractivity contribution in [2.45, 2.75) is 13.8 Å². The number of allylic oxidation sites excluding steroid dienone is 2. The van der Waals surface area contributed by atoms with Crippen LogP contribution in [0.4, 0.5) is 0 Å². The molecule has 0 N–H and O–H groups in total. The van der Waals surface area contributed by atoms with E-state index in [1.54, 1.807) is 48.2 Å². The van der Waals surface area contributed by atoms with Gasteiger partial charge in [-0.25, -0.2) is 4.98 Å². The van der Waals surface area contributed by atoms with Gasteiger partial charge in [0.05, 0.1) is 10.7 Å². The highest BCUT2D eigenvalue weighted by molar-refractivity contribution is 6.39. The van der Waals surface area contributed by atoms with Crippen LogP contribution in [0.2, 0.25) is 10.0 Å². The molecule has 0 saturated heterocycles. The first-order chi connectivity index (χ1) is 9.04. The minimum absolute atomic E-state index is 0.162. The largest absolute Gasteiger partial charge is 0.300 e. The number of aromatic nitrogens is 2. The number of imidazole rings is 1. The van der Waals surface area contributed by atoms with Gasteiger partial charge < -0.3 is 4.57 Å². The molecule has 98 valence electrons. The van der Waals surface area contributed by atoms with Gasteiger partial charge in [0.25, 0.3) is 0 Å². The molecule has 5 heteroatoms. The number of hydrogen-bond donors (Lipinski definition) is 0. The molecule has 0 aliphatic heterocycles. The van der Waals surface area contributed by atoms with Crippen LogP contribution in [0.5, 0.6) is 0 Å². The minimum atomic E-state index is -0.162. The van der Waals surface area contributed by atoms with E-state index in [2.05, 4.69) is 4.98 Å². The van der Waals surface area contributed by atoms with Crippen molar-refractivity contribution in [3.05, 3.63) is 58.1 Å². The summed E-state index contributed by atoms with van der Waals surface area (Å²) >= 11 is 11.9. The molecule has 0 unspecified atom stereocenters. The SMILES string of the molecule is C/C=C(\C(=O)c1ccc(Cl)cc1Cl)n1ccnc1C. The second-order valence-electron chi connectivity index (χ2n) is 3.97. The fraction of sp³-hybridized carbons (Fsp3) is 0.143. The van der Waals surface area contributed by atoms with Crippen molar-refractivity contribution in [1.82, 2.24) is 9.55 Å². The van der Waals surface area contributed by atoms with Gasteiger partial charge in [-0.15, -0.1) is 0 Å². The Morgan fingerprint density at radius 1 is 1.37 bits per heavy atom. The van der Waals surface area contributed by atoms with E-state index >= 15 is 0 Å². The van der Waals surface area contributed by atoms with E-state index < -0.39 is 0 Å². The predicted molar refractivity (Wildman–Crippen MR) is 77.7 cm³/mol. The summed E-state index contributed by atoms with van der Waals surface area (Å²) in [6.07, 6.45) is 5.13. The third-order valence-electron chi connectivity index (χ3n) is 2.77. The third kappa shape index (κ3) is 2.72. The van der Waals surface area contributed by atoms with Gasteiger partial charge in [-0.1, -0.05) is 29.3 Å². The van der Waals surface area contributed by atoms with E-state index in [1.807, 2.05) is 6.92 Å². The molecule has 0 fully saturated rings. The lowest BCUT2D eigenvalue weighted by Crippen LogP contribution is -2.10. The number of carbonyl (C=O) groups is 1. The maximum atomic E-state index is 12.5. The molecular formula is C14H12Cl2N2O. The zero-order valence-electron chi connectivity index (χ0n) is 10.5. The number of rotatable bonds is 3. The number of benzene rings is 1. The number of ketones is 1. The Hall–Kier alpha value is -1.58. The second-order valence-corrected chi connectivity index (χ2v) is 4.82. The molecule has 0 bridgehead atoms. The summed E-state index contributed by atoms with van der Waals surface area (Å²) in [5.74, 6) is 0.580. The number of aryl methyl sites for hydroxylation is 1. The van der Waals surface area contributed by atoms with Crippen LogP contribution in [-0.2, 0) is 0 Å². The zero-order chi connectivity index (χ0) is 14.0. The molecule has 0 saturated carbocycles. The van der Waals surface area contributed by atoms with E-state index in [9.17, 15) is 4.79 Å². The first kappa shape index (κ1) is 13.8. The first-order valence-electron chi connectivity index (χ1n) is 5.71. The topological polar surface area (TPSA) is 34.9 Å². The molecular weight excluding hydrogens is 283 g/mol. The van der Waals surface area contributed by atoms with Gasteiger partial charge in [0.1, 0.15) is 5.82 Å². The van der Waals surface area contributed by atoms with E-state index in [4.69, 9.17) is 23.2 Å². The maximum absolute atomic E-state index is 12.5. The molecule has 3 nitrogen and oxygen atoms in total. The molecule has 1 aromatic heterocycles. The molecule has 0 atom stereocenters. The van der Waals surface area contributed by atoms with Crippen LogP contribution in [0.1, 0.15) is 23.1 Å². The molecule has 0 amide bonds. The van der Waals surface area contributed by atoms with Crippen molar-refractivity contribution in [3.63, 3.8) is 0 Å². The lowest BCUT2D eigenvalue weighted by Gasteiger charge is -2.10. The lowest BCUT2D eigenvalue weighted by molar-refractivity contribution is 0.105. The quantitative estimate of drug-likeness (QED) is 0.627. The molecule has 0 aliphatic rings. The maximum Gasteiger partial charge on any atom is 0.210 e. The molecule has 1 aromatic carbocycles. The molecule has 1 heterocycles.